The molecule has 17 heavy (non-hydrogen) atoms. The molecule has 0 radical (unpaired) electrons. The summed E-state index contributed by atoms with van der Waals surface area (Å²) in [5.41, 5.74) is 0. The smallest absolute Gasteiger partial charge is 0.221 e. The quantitative estimate of drug-likeness (QED) is 0.636. The predicted molar refractivity (Wildman–Crippen MR) is 68.0 cm³/mol. The van der Waals surface area contributed by atoms with Crippen molar-refractivity contribution < 1.29 is 9.53 Å². The van der Waals surface area contributed by atoms with Gasteiger partial charge >= 0.3 is 0 Å². The van der Waals surface area contributed by atoms with Crippen LogP contribution < -0.4 is 10.6 Å². The van der Waals surface area contributed by atoms with Crippen molar-refractivity contribution in [2.24, 2.45) is 0 Å². The van der Waals surface area contributed by atoms with E-state index in [9.17, 15) is 4.79 Å². The molecule has 2 N–H and O–H groups in total. The van der Waals surface area contributed by atoms with E-state index in [2.05, 4.69) is 29.4 Å². The molecule has 0 bridgehead atoms. The molecule has 1 aliphatic rings. The third-order valence-electron chi connectivity index (χ3n) is 3.08. The highest BCUT2D eigenvalue weighted by Crippen LogP contribution is 2.07. The van der Waals surface area contributed by atoms with Crippen molar-refractivity contribution in [3.63, 3.8) is 0 Å². The van der Waals surface area contributed by atoms with Crippen LogP contribution in [0.25, 0.3) is 0 Å². The zero-order chi connectivity index (χ0) is 12.7. The molecular formula is C12H25N3O2. The second-order valence-corrected chi connectivity index (χ2v) is 4.71. The first-order chi connectivity index (χ1) is 8.13. The molecule has 0 aliphatic carbocycles. The van der Waals surface area contributed by atoms with Gasteiger partial charge in [0.05, 0.1) is 12.7 Å². The van der Waals surface area contributed by atoms with Gasteiger partial charge in [-0.2, -0.15) is 0 Å². The lowest BCUT2D eigenvalue weighted by Gasteiger charge is -2.35. The van der Waals surface area contributed by atoms with Gasteiger partial charge < -0.3 is 15.4 Å². The molecule has 0 spiro atoms. The summed E-state index contributed by atoms with van der Waals surface area (Å²) in [6.45, 7) is 8.75. The van der Waals surface area contributed by atoms with Gasteiger partial charge in [0.25, 0.3) is 0 Å². The van der Waals surface area contributed by atoms with Gasteiger partial charge in [-0.25, -0.2) is 0 Å². The first kappa shape index (κ1) is 14.4. The topological polar surface area (TPSA) is 53.6 Å². The third-order valence-corrected chi connectivity index (χ3v) is 3.08. The average Bonchev–Trinajstić information content (AvgIpc) is 2.34. The van der Waals surface area contributed by atoms with Gasteiger partial charge in [-0.1, -0.05) is 0 Å². The number of hydrogen-bond donors (Lipinski definition) is 2. The zero-order valence-corrected chi connectivity index (χ0v) is 11.2. The van der Waals surface area contributed by atoms with Crippen molar-refractivity contribution in [3.05, 3.63) is 0 Å². The van der Waals surface area contributed by atoms with Crippen LogP contribution in [0.1, 0.15) is 20.3 Å². The molecule has 1 aliphatic heterocycles. The Morgan fingerprint density at radius 2 is 2.29 bits per heavy atom. The number of ether oxygens (including phenoxy) is 1. The minimum absolute atomic E-state index is 0.0749. The van der Waals surface area contributed by atoms with E-state index in [1.165, 1.54) is 0 Å². The molecule has 0 aromatic rings. The van der Waals surface area contributed by atoms with E-state index in [1.54, 1.807) is 7.05 Å². The minimum atomic E-state index is 0.0749. The van der Waals surface area contributed by atoms with Crippen LogP contribution in [-0.2, 0) is 9.53 Å². The minimum Gasteiger partial charge on any atom is -0.374 e. The Labute approximate surface area is 104 Å². The summed E-state index contributed by atoms with van der Waals surface area (Å²) >= 11 is 0. The number of nitrogens with one attached hydrogen (secondary N) is 2. The molecule has 0 saturated carbocycles. The standard InChI is InChI=1S/C12H25N3O2/c1-10(2)15-6-7-17-11(9-15)8-14-5-4-12(16)13-3/h10-11,14H,4-9H2,1-3H3,(H,13,16). The summed E-state index contributed by atoms with van der Waals surface area (Å²) < 4.78 is 5.69. The number of rotatable bonds is 6. The Balaban J connectivity index is 2.12. The van der Waals surface area contributed by atoms with E-state index in [1.807, 2.05) is 0 Å². The number of carbonyl (C=O) groups excluding carboxylic acids is 1. The monoisotopic (exact) mass is 243 g/mol. The normalized spacial score (nSPS) is 21.8. The van der Waals surface area contributed by atoms with Gasteiger partial charge in [0, 0.05) is 45.7 Å². The van der Waals surface area contributed by atoms with Crippen molar-refractivity contribution in [1.82, 2.24) is 15.5 Å². The van der Waals surface area contributed by atoms with Crippen molar-refractivity contribution in [3.8, 4) is 0 Å². The van der Waals surface area contributed by atoms with Crippen molar-refractivity contribution >= 4 is 5.91 Å². The summed E-state index contributed by atoms with van der Waals surface area (Å²) in [7, 11) is 1.66. The molecule has 100 valence electrons. The number of morpholine rings is 1. The van der Waals surface area contributed by atoms with Gasteiger partial charge in [-0.15, -0.1) is 0 Å². The molecule has 5 nitrogen and oxygen atoms in total. The van der Waals surface area contributed by atoms with E-state index in [-0.39, 0.29) is 12.0 Å². The Kier molecular flexibility index (Phi) is 6.47. The van der Waals surface area contributed by atoms with Crippen LogP contribution in [0.3, 0.4) is 0 Å². The molecule has 1 rings (SSSR count). The SMILES string of the molecule is CNC(=O)CCNCC1CN(C(C)C)CCO1. The average molecular weight is 243 g/mol. The molecule has 1 heterocycles. The van der Waals surface area contributed by atoms with Crippen LogP contribution in [0.5, 0.6) is 0 Å². The van der Waals surface area contributed by atoms with E-state index in [4.69, 9.17) is 4.74 Å². The van der Waals surface area contributed by atoms with Crippen LogP contribution in [0.15, 0.2) is 0 Å². The second-order valence-electron chi connectivity index (χ2n) is 4.71. The summed E-state index contributed by atoms with van der Waals surface area (Å²) in [6, 6.07) is 0.576. The fourth-order valence-corrected chi connectivity index (χ4v) is 1.92. The molecule has 1 fully saturated rings. The highest BCUT2D eigenvalue weighted by atomic mass is 16.5. The van der Waals surface area contributed by atoms with Crippen molar-refractivity contribution in [2.75, 3.05) is 39.8 Å². The maximum Gasteiger partial charge on any atom is 0.221 e. The van der Waals surface area contributed by atoms with E-state index in [0.717, 1.165) is 26.2 Å². The Bertz CT molecular complexity index is 234. The van der Waals surface area contributed by atoms with Crippen molar-refractivity contribution in [1.29, 1.82) is 0 Å². The Morgan fingerprint density at radius 3 is 2.94 bits per heavy atom. The molecule has 1 saturated heterocycles. The van der Waals surface area contributed by atoms with Crippen molar-refractivity contribution in [2.45, 2.75) is 32.4 Å². The maximum atomic E-state index is 11.0. The van der Waals surface area contributed by atoms with E-state index in [0.29, 0.717) is 19.0 Å². The Hall–Kier alpha value is -0.650. The summed E-state index contributed by atoms with van der Waals surface area (Å²) in [4.78, 5) is 13.4. The Morgan fingerprint density at radius 1 is 1.53 bits per heavy atom. The molecule has 1 atom stereocenters. The molecule has 0 aromatic carbocycles. The predicted octanol–water partition coefficient (Wildman–Crippen LogP) is -0.179. The number of nitrogens with zero attached hydrogens (tertiary/aromatic N) is 1. The molecule has 1 unspecified atom stereocenters. The molecular weight excluding hydrogens is 218 g/mol. The number of hydrogen-bond acceptors (Lipinski definition) is 4. The summed E-state index contributed by atoms with van der Waals surface area (Å²) in [5.74, 6) is 0.0749. The van der Waals surface area contributed by atoms with Crippen LogP contribution in [0, 0.1) is 0 Å². The maximum absolute atomic E-state index is 11.0. The summed E-state index contributed by atoms with van der Waals surface area (Å²) in [6.07, 6.45) is 0.771. The van der Waals surface area contributed by atoms with Crippen LogP contribution >= 0.6 is 0 Å². The highest BCUT2D eigenvalue weighted by Gasteiger charge is 2.21. The lowest BCUT2D eigenvalue weighted by Crippen LogP contribution is -2.49. The fraction of sp³-hybridized carbons (Fsp3) is 0.917. The second kappa shape index (κ2) is 7.63. The lowest BCUT2D eigenvalue weighted by molar-refractivity contribution is -0.120. The van der Waals surface area contributed by atoms with Gasteiger partial charge in [-0.05, 0) is 13.8 Å². The van der Waals surface area contributed by atoms with Gasteiger partial charge in [0.15, 0.2) is 0 Å². The first-order valence-corrected chi connectivity index (χ1v) is 6.40. The van der Waals surface area contributed by atoms with Gasteiger partial charge in [0.1, 0.15) is 0 Å². The van der Waals surface area contributed by atoms with Gasteiger partial charge in [0.2, 0.25) is 5.91 Å². The molecule has 1 amide bonds. The lowest BCUT2D eigenvalue weighted by atomic mass is 10.2. The zero-order valence-electron chi connectivity index (χ0n) is 11.2. The van der Waals surface area contributed by atoms with Crippen LogP contribution in [0.2, 0.25) is 0 Å². The van der Waals surface area contributed by atoms with Crippen LogP contribution in [0.4, 0.5) is 0 Å². The summed E-state index contributed by atoms with van der Waals surface area (Å²) in [5, 5.41) is 5.87. The molecule has 0 aromatic heterocycles. The number of amides is 1. The largest absolute Gasteiger partial charge is 0.374 e. The number of carbonyl (C=O) groups is 1. The highest BCUT2D eigenvalue weighted by molar-refractivity contribution is 5.75. The first-order valence-electron chi connectivity index (χ1n) is 6.40. The van der Waals surface area contributed by atoms with Gasteiger partial charge in [-0.3, -0.25) is 9.69 Å². The van der Waals surface area contributed by atoms with E-state index < -0.39 is 0 Å². The van der Waals surface area contributed by atoms with Crippen LogP contribution in [-0.4, -0.2) is 62.8 Å². The van der Waals surface area contributed by atoms with E-state index >= 15 is 0 Å². The fourth-order valence-electron chi connectivity index (χ4n) is 1.92. The molecule has 5 heteroatoms. The third kappa shape index (κ3) is 5.48.